The lowest BCUT2D eigenvalue weighted by Gasteiger charge is -2.18. The van der Waals surface area contributed by atoms with Crippen molar-refractivity contribution >= 4 is 27.6 Å². The van der Waals surface area contributed by atoms with Gasteiger partial charge < -0.3 is 10.6 Å². The van der Waals surface area contributed by atoms with Crippen molar-refractivity contribution < 1.29 is 18.0 Å². The summed E-state index contributed by atoms with van der Waals surface area (Å²) in [6.07, 6.45) is 2.56. The Morgan fingerprint density at radius 2 is 2.12 bits per heavy atom. The van der Waals surface area contributed by atoms with Crippen molar-refractivity contribution in [1.29, 1.82) is 0 Å². The second-order valence-electron chi connectivity index (χ2n) is 5.86. The number of rotatable bonds is 4. The fourth-order valence-corrected chi connectivity index (χ4v) is 3.24. The summed E-state index contributed by atoms with van der Waals surface area (Å²) in [6.45, 7) is 3.99. The average Bonchev–Trinajstić information content (AvgIpc) is 3.05. The summed E-state index contributed by atoms with van der Waals surface area (Å²) >= 11 is 0. The molecule has 3 amide bonds. The number of sulfonamides is 1. The zero-order chi connectivity index (χ0) is 18.2. The number of hydrogen-bond donors (Lipinski definition) is 3. The van der Waals surface area contributed by atoms with E-state index in [1.807, 2.05) is 18.6 Å². The lowest BCUT2D eigenvalue weighted by atomic mass is 10.1. The maximum atomic E-state index is 12.3. The summed E-state index contributed by atoms with van der Waals surface area (Å²) in [7, 11) is -4.02. The fraction of sp³-hybridized carbons (Fsp3) is 0.267. The molecule has 1 aromatic heterocycles. The Morgan fingerprint density at radius 1 is 1.36 bits per heavy atom. The van der Waals surface area contributed by atoms with Crippen LogP contribution in [-0.2, 0) is 16.6 Å². The maximum Gasteiger partial charge on any atom is 0.319 e. The minimum Gasteiger partial charge on any atom is -0.334 e. The van der Waals surface area contributed by atoms with Crippen molar-refractivity contribution in [2.75, 3.05) is 5.32 Å². The molecule has 3 rings (SSSR count). The Balaban J connectivity index is 1.80. The predicted octanol–water partition coefficient (Wildman–Crippen LogP) is 1.22. The number of nitrogens with zero attached hydrogens (tertiary/aromatic N) is 2. The summed E-state index contributed by atoms with van der Waals surface area (Å²) in [6, 6.07) is 4.22. The first kappa shape index (κ1) is 17.0. The summed E-state index contributed by atoms with van der Waals surface area (Å²) in [5.74, 6) is -0.753. The van der Waals surface area contributed by atoms with Crippen LogP contribution in [0.15, 0.2) is 35.5 Å². The Kier molecular flexibility index (Phi) is 4.21. The van der Waals surface area contributed by atoms with Crippen LogP contribution in [0.25, 0.3) is 0 Å². The Hall–Kier alpha value is -2.88. The van der Waals surface area contributed by atoms with Crippen LogP contribution >= 0.6 is 0 Å². The van der Waals surface area contributed by atoms with Crippen LogP contribution in [-0.4, -0.2) is 30.1 Å². The van der Waals surface area contributed by atoms with Gasteiger partial charge in [-0.3, -0.25) is 9.48 Å². The monoisotopic (exact) mass is 363 g/mol. The molecule has 0 atom stereocenters. The van der Waals surface area contributed by atoms with Crippen molar-refractivity contribution in [3.63, 3.8) is 0 Å². The third kappa shape index (κ3) is 3.48. The first-order valence-corrected chi connectivity index (χ1v) is 9.03. The molecule has 2 aromatic rings. The number of urea groups is 1. The van der Waals surface area contributed by atoms with Gasteiger partial charge in [-0.15, -0.1) is 0 Å². The van der Waals surface area contributed by atoms with Crippen molar-refractivity contribution in [1.82, 2.24) is 19.8 Å². The SMILES string of the molecule is CC(C)n1cc(S(=O)(=O)NC(=O)c2ccc3c(c2)CNC(=O)N3)cn1. The predicted molar refractivity (Wildman–Crippen MR) is 89.6 cm³/mol. The first-order chi connectivity index (χ1) is 11.8. The minimum atomic E-state index is -4.02. The van der Waals surface area contributed by atoms with E-state index in [0.29, 0.717) is 11.3 Å². The van der Waals surface area contributed by atoms with Gasteiger partial charge in [0.1, 0.15) is 4.90 Å². The van der Waals surface area contributed by atoms with Gasteiger partial charge in [0.2, 0.25) is 0 Å². The standard InChI is InChI=1S/C15H17N5O4S/c1-9(2)20-8-12(7-17-20)25(23,24)19-14(21)10-3-4-13-11(5-10)6-16-15(22)18-13/h3-5,7-9H,6H2,1-2H3,(H,19,21)(H2,16,18,22). The number of aromatic nitrogens is 2. The number of anilines is 1. The molecule has 0 fully saturated rings. The molecule has 0 spiro atoms. The smallest absolute Gasteiger partial charge is 0.319 e. The third-order valence-corrected chi connectivity index (χ3v) is 4.98. The molecule has 1 aromatic carbocycles. The van der Waals surface area contributed by atoms with Crippen molar-refractivity contribution in [3.05, 3.63) is 41.7 Å². The van der Waals surface area contributed by atoms with Gasteiger partial charge in [-0.05, 0) is 37.6 Å². The van der Waals surface area contributed by atoms with Gasteiger partial charge in [-0.2, -0.15) is 5.10 Å². The second-order valence-corrected chi connectivity index (χ2v) is 7.55. The van der Waals surface area contributed by atoms with Crippen molar-refractivity contribution in [2.24, 2.45) is 0 Å². The fourth-order valence-electron chi connectivity index (χ4n) is 2.33. The normalized spacial score (nSPS) is 13.8. The van der Waals surface area contributed by atoms with Crippen molar-refractivity contribution in [3.8, 4) is 0 Å². The number of carbonyl (C=O) groups excluding carboxylic acids is 2. The number of fused-ring (bicyclic) bond motifs is 1. The van der Waals surface area contributed by atoms with Crippen LogP contribution in [0.1, 0.15) is 35.8 Å². The van der Waals surface area contributed by atoms with Crippen LogP contribution in [0.3, 0.4) is 0 Å². The van der Waals surface area contributed by atoms with Crippen LogP contribution in [0, 0.1) is 0 Å². The number of carbonyl (C=O) groups is 2. The van der Waals surface area contributed by atoms with E-state index in [9.17, 15) is 18.0 Å². The summed E-state index contributed by atoms with van der Waals surface area (Å²) in [5.41, 5.74) is 1.45. The summed E-state index contributed by atoms with van der Waals surface area (Å²) in [5, 5.41) is 9.15. The number of hydrogen-bond acceptors (Lipinski definition) is 5. The molecule has 0 unspecified atom stereocenters. The summed E-state index contributed by atoms with van der Waals surface area (Å²) < 4.78 is 28.2. The molecule has 3 N–H and O–H groups in total. The van der Waals surface area contributed by atoms with Crippen LogP contribution < -0.4 is 15.4 Å². The lowest BCUT2D eigenvalue weighted by molar-refractivity contribution is 0.0981. The highest BCUT2D eigenvalue weighted by atomic mass is 32.2. The zero-order valence-corrected chi connectivity index (χ0v) is 14.4. The maximum absolute atomic E-state index is 12.3. The highest BCUT2D eigenvalue weighted by Gasteiger charge is 2.22. The van der Waals surface area contributed by atoms with Gasteiger partial charge in [0.25, 0.3) is 15.9 Å². The molecule has 0 saturated heterocycles. The van der Waals surface area contributed by atoms with Gasteiger partial charge in [0, 0.05) is 30.0 Å². The van der Waals surface area contributed by atoms with Gasteiger partial charge >= 0.3 is 6.03 Å². The lowest BCUT2D eigenvalue weighted by Crippen LogP contribution is -2.34. The van der Waals surface area contributed by atoms with Crippen LogP contribution in [0.4, 0.5) is 10.5 Å². The van der Waals surface area contributed by atoms with Crippen molar-refractivity contribution in [2.45, 2.75) is 31.3 Å². The largest absolute Gasteiger partial charge is 0.334 e. The molecule has 1 aliphatic heterocycles. The van der Waals surface area contributed by atoms with E-state index >= 15 is 0 Å². The van der Waals surface area contributed by atoms with Gasteiger partial charge in [0.15, 0.2) is 0 Å². The second kappa shape index (κ2) is 6.20. The molecular weight excluding hydrogens is 346 g/mol. The molecule has 9 nitrogen and oxygen atoms in total. The molecule has 132 valence electrons. The topological polar surface area (TPSA) is 122 Å². The van der Waals surface area contributed by atoms with E-state index in [4.69, 9.17) is 0 Å². The first-order valence-electron chi connectivity index (χ1n) is 7.55. The zero-order valence-electron chi connectivity index (χ0n) is 13.6. The minimum absolute atomic E-state index is 0.00279. The molecule has 10 heteroatoms. The van der Waals surface area contributed by atoms with E-state index in [-0.39, 0.29) is 29.1 Å². The van der Waals surface area contributed by atoms with E-state index in [1.165, 1.54) is 29.2 Å². The molecule has 25 heavy (non-hydrogen) atoms. The van der Waals surface area contributed by atoms with E-state index in [2.05, 4.69) is 15.7 Å². The average molecular weight is 363 g/mol. The highest BCUT2D eigenvalue weighted by Crippen LogP contribution is 2.21. The molecule has 0 bridgehead atoms. The Morgan fingerprint density at radius 3 is 2.80 bits per heavy atom. The molecule has 0 saturated carbocycles. The Bertz CT molecular complexity index is 949. The number of amides is 3. The van der Waals surface area contributed by atoms with E-state index < -0.39 is 15.9 Å². The summed E-state index contributed by atoms with van der Waals surface area (Å²) in [4.78, 5) is 23.5. The number of benzene rings is 1. The molecule has 0 aliphatic carbocycles. The Labute approximate surface area is 144 Å². The molecule has 0 radical (unpaired) electrons. The van der Waals surface area contributed by atoms with Crippen LogP contribution in [0.2, 0.25) is 0 Å². The molecular formula is C15H17N5O4S. The molecule has 1 aliphatic rings. The van der Waals surface area contributed by atoms with Crippen LogP contribution in [0.5, 0.6) is 0 Å². The van der Waals surface area contributed by atoms with Gasteiger partial charge in [-0.1, -0.05) is 0 Å². The highest BCUT2D eigenvalue weighted by molar-refractivity contribution is 7.90. The number of nitrogens with one attached hydrogen (secondary N) is 3. The van der Waals surface area contributed by atoms with Gasteiger partial charge in [0.05, 0.1) is 6.20 Å². The quantitative estimate of drug-likeness (QED) is 0.754. The van der Waals surface area contributed by atoms with E-state index in [1.54, 1.807) is 6.07 Å². The van der Waals surface area contributed by atoms with E-state index in [0.717, 1.165) is 0 Å². The molecule has 2 heterocycles. The van der Waals surface area contributed by atoms with Gasteiger partial charge in [-0.25, -0.2) is 17.9 Å². The third-order valence-electron chi connectivity index (χ3n) is 3.70.